The van der Waals surface area contributed by atoms with Gasteiger partial charge in [0.2, 0.25) is 5.91 Å². The molecular weight excluding hydrogens is 576 g/mol. The molecule has 2 saturated heterocycles. The Morgan fingerprint density at radius 1 is 0.978 bits per heavy atom. The first-order chi connectivity index (χ1) is 21.6. The summed E-state index contributed by atoms with van der Waals surface area (Å²) >= 11 is 0. The van der Waals surface area contributed by atoms with E-state index in [-0.39, 0.29) is 17.6 Å². The van der Waals surface area contributed by atoms with Gasteiger partial charge in [-0.2, -0.15) is 0 Å². The Kier molecular flexibility index (Phi) is 8.55. The third-order valence-corrected chi connectivity index (χ3v) is 8.72. The van der Waals surface area contributed by atoms with Gasteiger partial charge >= 0.3 is 6.09 Å². The van der Waals surface area contributed by atoms with Crippen molar-refractivity contribution in [3.05, 3.63) is 58.6 Å². The Labute approximate surface area is 262 Å². The highest BCUT2D eigenvalue weighted by Crippen LogP contribution is 2.43. The topological polar surface area (TPSA) is 118 Å². The van der Waals surface area contributed by atoms with E-state index in [0.29, 0.717) is 68.3 Å². The Morgan fingerprint density at radius 3 is 2.36 bits per heavy atom. The molecule has 2 aliphatic heterocycles. The molecule has 2 amide bonds. The molecular formula is C33H42N6O6. The van der Waals surface area contributed by atoms with E-state index >= 15 is 0 Å². The van der Waals surface area contributed by atoms with Gasteiger partial charge in [-0.15, -0.1) is 0 Å². The molecule has 1 aliphatic carbocycles. The summed E-state index contributed by atoms with van der Waals surface area (Å²) in [6.45, 7) is 11.0. The lowest BCUT2D eigenvalue weighted by Crippen LogP contribution is -2.51. The van der Waals surface area contributed by atoms with Crippen LogP contribution in [0.3, 0.4) is 0 Å². The number of ether oxygens (including phenoxy) is 3. The average molecular weight is 619 g/mol. The number of amides is 2. The van der Waals surface area contributed by atoms with Crippen LogP contribution in [0.5, 0.6) is 0 Å². The maximum atomic E-state index is 13.7. The molecule has 240 valence electrons. The molecule has 3 heterocycles. The number of morpholine rings is 1. The first-order valence-corrected chi connectivity index (χ1v) is 15.6. The minimum atomic E-state index is -0.533. The number of nitrogens with zero attached hydrogens (tertiary/aromatic N) is 5. The standard InChI is InChI=1S/C33H42N6O6/c1-32(2,3)45-31(42)37-13-11-36(12-14-37)24-7-8-26-28(19-24)34-22-39(29(26)40)25-6-5-23(21-43-4)27(20-25)35-30(41)33(9-10-33)38-15-17-44-18-16-38/h5-8,19-20,22H,9-18,21H2,1-4H3,(H,35,41). The number of piperazine rings is 1. The van der Waals surface area contributed by atoms with E-state index < -0.39 is 11.1 Å². The van der Waals surface area contributed by atoms with Gasteiger partial charge in [0.15, 0.2) is 0 Å². The van der Waals surface area contributed by atoms with Crippen molar-refractivity contribution in [2.75, 3.05) is 69.8 Å². The number of fused-ring (bicyclic) bond motifs is 1. The number of anilines is 2. The SMILES string of the molecule is COCc1ccc(-n2cnc3cc(N4CCN(C(=O)OC(C)(C)C)CC4)ccc3c2=O)cc1NC(=O)C1(N2CCOCC2)CC1. The summed E-state index contributed by atoms with van der Waals surface area (Å²) in [6, 6.07) is 11.2. The molecule has 12 heteroatoms. The van der Waals surface area contributed by atoms with Gasteiger partial charge in [-0.05, 0) is 63.9 Å². The molecule has 3 fully saturated rings. The minimum Gasteiger partial charge on any atom is -0.444 e. The molecule has 1 N–H and O–H groups in total. The highest BCUT2D eigenvalue weighted by atomic mass is 16.6. The lowest BCUT2D eigenvalue weighted by molar-refractivity contribution is -0.124. The highest BCUT2D eigenvalue weighted by Gasteiger charge is 2.54. The maximum Gasteiger partial charge on any atom is 0.410 e. The molecule has 0 spiro atoms. The van der Waals surface area contributed by atoms with Crippen molar-refractivity contribution in [1.29, 1.82) is 0 Å². The second kappa shape index (κ2) is 12.4. The Balaban J connectivity index is 1.20. The first-order valence-electron chi connectivity index (χ1n) is 15.6. The van der Waals surface area contributed by atoms with E-state index in [0.717, 1.165) is 37.2 Å². The van der Waals surface area contributed by atoms with Crippen LogP contribution < -0.4 is 15.8 Å². The second-order valence-corrected chi connectivity index (χ2v) is 12.9. The van der Waals surface area contributed by atoms with Crippen LogP contribution in [0.15, 0.2) is 47.5 Å². The molecule has 1 aromatic heterocycles. The number of benzene rings is 2. The van der Waals surface area contributed by atoms with Gasteiger partial charge < -0.3 is 29.3 Å². The molecule has 12 nitrogen and oxygen atoms in total. The Bertz CT molecular complexity index is 1630. The molecule has 3 aliphatic rings. The van der Waals surface area contributed by atoms with E-state index in [1.807, 2.05) is 51.1 Å². The lowest BCUT2D eigenvalue weighted by atomic mass is 10.1. The maximum absolute atomic E-state index is 13.7. The summed E-state index contributed by atoms with van der Waals surface area (Å²) in [5.74, 6) is -0.0395. The van der Waals surface area contributed by atoms with E-state index in [9.17, 15) is 14.4 Å². The zero-order valence-corrected chi connectivity index (χ0v) is 26.5. The number of rotatable bonds is 7. The van der Waals surface area contributed by atoms with Gasteiger partial charge in [0.05, 0.1) is 36.4 Å². The lowest BCUT2D eigenvalue weighted by Gasteiger charge is -2.36. The quantitative estimate of drug-likeness (QED) is 0.425. The monoisotopic (exact) mass is 618 g/mol. The number of carbonyl (C=O) groups is 2. The third kappa shape index (κ3) is 6.54. The summed E-state index contributed by atoms with van der Waals surface area (Å²) in [7, 11) is 1.61. The summed E-state index contributed by atoms with van der Waals surface area (Å²) < 4.78 is 17.9. The van der Waals surface area contributed by atoms with Crippen molar-refractivity contribution in [3.8, 4) is 5.69 Å². The summed E-state index contributed by atoms with van der Waals surface area (Å²) in [5.41, 5.74) is 2.33. The van der Waals surface area contributed by atoms with Crippen LogP contribution in [-0.4, -0.2) is 102 Å². The zero-order valence-electron chi connectivity index (χ0n) is 26.5. The molecule has 0 atom stereocenters. The summed E-state index contributed by atoms with van der Waals surface area (Å²) in [4.78, 5) is 50.5. The predicted octanol–water partition coefficient (Wildman–Crippen LogP) is 3.39. The molecule has 0 bridgehead atoms. The van der Waals surface area contributed by atoms with Crippen molar-refractivity contribution >= 4 is 34.3 Å². The van der Waals surface area contributed by atoms with Crippen molar-refractivity contribution < 1.29 is 23.8 Å². The normalized spacial score (nSPS) is 18.6. The number of carbonyl (C=O) groups excluding carboxylic acids is 2. The van der Waals surface area contributed by atoms with Gasteiger partial charge in [0.1, 0.15) is 17.5 Å². The Morgan fingerprint density at radius 2 is 1.69 bits per heavy atom. The van der Waals surface area contributed by atoms with Crippen molar-refractivity contribution in [1.82, 2.24) is 19.4 Å². The smallest absolute Gasteiger partial charge is 0.410 e. The van der Waals surface area contributed by atoms with E-state index in [1.54, 1.807) is 18.1 Å². The molecule has 1 saturated carbocycles. The van der Waals surface area contributed by atoms with Gasteiger partial charge in [0.25, 0.3) is 5.56 Å². The fraction of sp³-hybridized carbons (Fsp3) is 0.515. The number of methoxy groups -OCH3 is 1. The minimum absolute atomic E-state index is 0.0395. The van der Waals surface area contributed by atoms with Crippen molar-refractivity contribution in [3.63, 3.8) is 0 Å². The molecule has 0 radical (unpaired) electrons. The average Bonchev–Trinajstić information content (AvgIpc) is 3.84. The van der Waals surface area contributed by atoms with Crippen LogP contribution in [0.1, 0.15) is 39.2 Å². The first kappa shape index (κ1) is 31.0. The van der Waals surface area contributed by atoms with Crippen molar-refractivity contribution in [2.24, 2.45) is 0 Å². The van der Waals surface area contributed by atoms with Gasteiger partial charge in [0, 0.05) is 63.3 Å². The van der Waals surface area contributed by atoms with Gasteiger partial charge in [-0.25, -0.2) is 9.78 Å². The number of aromatic nitrogens is 2. The molecule has 3 aromatic rings. The number of hydrogen-bond donors (Lipinski definition) is 1. The largest absolute Gasteiger partial charge is 0.444 e. The van der Waals surface area contributed by atoms with Crippen LogP contribution >= 0.6 is 0 Å². The molecule has 6 rings (SSSR count). The molecule has 0 unspecified atom stereocenters. The van der Waals surface area contributed by atoms with Crippen LogP contribution in [0.2, 0.25) is 0 Å². The van der Waals surface area contributed by atoms with Crippen LogP contribution in [0.25, 0.3) is 16.6 Å². The fourth-order valence-electron chi connectivity index (χ4n) is 6.11. The van der Waals surface area contributed by atoms with Crippen molar-refractivity contribution in [2.45, 2.75) is 51.4 Å². The zero-order chi connectivity index (χ0) is 31.8. The van der Waals surface area contributed by atoms with Crippen LogP contribution in [0.4, 0.5) is 16.2 Å². The van der Waals surface area contributed by atoms with E-state index in [4.69, 9.17) is 14.2 Å². The summed E-state index contributed by atoms with van der Waals surface area (Å²) in [5, 5.41) is 3.64. The Hall–Kier alpha value is -4.00. The molecule has 45 heavy (non-hydrogen) atoms. The second-order valence-electron chi connectivity index (χ2n) is 12.9. The highest BCUT2D eigenvalue weighted by molar-refractivity contribution is 6.01. The van der Waals surface area contributed by atoms with E-state index in [1.165, 1.54) is 10.9 Å². The third-order valence-electron chi connectivity index (χ3n) is 8.72. The van der Waals surface area contributed by atoms with Crippen LogP contribution in [0, 0.1) is 0 Å². The van der Waals surface area contributed by atoms with E-state index in [2.05, 4.69) is 20.1 Å². The van der Waals surface area contributed by atoms with Gasteiger partial charge in [-0.3, -0.25) is 19.1 Å². The van der Waals surface area contributed by atoms with Crippen LogP contribution in [-0.2, 0) is 25.6 Å². The number of hydrogen-bond acceptors (Lipinski definition) is 9. The van der Waals surface area contributed by atoms with Gasteiger partial charge in [-0.1, -0.05) is 6.07 Å². The molecule has 2 aromatic carbocycles. The summed E-state index contributed by atoms with van der Waals surface area (Å²) in [6.07, 6.45) is 2.85. The number of nitrogens with one attached hydrogen (secondary N) is 1. The fourth-order valence-corrected chi connectivity index (χ4v) is 6.11. The predicted molar refractivity (Wildman–Crippen MR) is 171 cm³/mol.